The predicted octanol–water partition coefficient (Wildman–Crippen LogP) is 2.85. The maximum Gasteiger partial charge on any atom is 0.261 e. The molecule has 0 aliphatic heterocycles. The zero-order valence-corrected chi connectivity index (χ0v) is 15.6. The minimum atomic E-state index is -0.286. The van der Waals surface area contributed by atoms with Crippen molar-refractivity contribution in [3.05, 3.63) is 50.4 Å². The number of hydrogen-bond donors (Lipinski definition) is 1. The van der Waals surface area contributed by atoms with Crippen LogP contribution in [0.25, 0.3) is 10.9 Å². The molecule has 0 unspecified atom stereocenters. The van der Waals surface area contributed by atoms with Gasteiger partial charge in [-0.1, -0.05) is 15.9 Å². The van der Waals surface area contributed by atoms with Gasteiger partial charge in [0.2, 0.25) is 5.91 Å². The van der Waals surface area contributed by atoms with Crippen molar-refractivity contribution in [2.24, 2.45) is 0 Å². The summed E-state index contributed by atoms with van der Waals surface area (Å²) in [6.07, 6.45) is 1.53. The fraction of sp³-hybridized carbons (Fsp3) is 0.188. The largest absolute Gasteiger partial charge is 0.302 e. The molecule has 25 heavy (non-hydrogen) atoms. The van der Waals surface area contributed by atoms with Crippen LogP contribution in [0.15, 0.2) is 39.2 Å². The minimum absolute atomic E-state index is 0.0933. The Balaban J connectivity index is 1.69. The van der Waals surface area contributed by atoms with E-state index in [9.17, 15) is 14.4 Å². The van der Waals surface area contributed by atoms with Crippen molar-refractivity contribution < 1.29 is 9.59 Å². The van der Waals surface area contributed by atoms with E-state index < -0.39 is 0 Å². The summed E-state index contributed by atoms with van der Waals surface area (Å²) in [5, 5.41) is 5.07. The normalized spacial score (nSPS) is 10.8. The van der Waals surface area contributed by atoms with Crippen molar-refractivity contribution >= 4 is 55.0 Å². The van der Waals surface area contributed by atoms with Crippen molar-refractivity contribution in [1.29, 1.82) is 0 Å². The monoisotopic (exact) mass is 420 g/mol. The Morgan fingerprint density at radius 1 is 1.36 bits per heavy atom. The number of anilines is 1. The molecule has 3 aromatic rings. The molecule has 1 amide bonds. The summed E-state index contributed by atoms with van der Waals surface area (Å²) in [5.41, 5.74) is 0.724. The standard InChI is InChI=1S/C16H13BrN4O3S/c1-9(22)13-7-25-16(19-13)20-14(23)4-5-21-8-18-12-3-2-10(17)6-11(12)15(21)24/h2-3,6-8H,4-5H2,1H3,(H,19,20,23). The molecule has 9 heteroatoms. The number of nitrogens with zero attached hydrogens (tertiary/aromatic N) is 3. The number of nitrogens with one attached hydrogen (secondary N) is 1. The summed E-state index contributed by atoms with van der Waals surface area (Å²) in [5.74, 6) is -0.442. The number of thiazole rings is 1. The van der Waals surface area contributed by atoms with E-state index in [0.717, 1.165) is 4.47 Å². The molecule has 2 aromatic heterocycles. The average Bonchev–Trinajstić information content (AvgIpc) is 3.03. The summed E-state index contributed by atoms with van der Waals surface area (Å²) >= 11 is 4.52. The summed E-state index contributed by atoms with van der Waals surface area (Å²) in [4.78, 5) is 43.9. The Kier molecular flexibility index (Phi) is 5.05. The fourth-order valence-electron chi connectivity index (χ4n) is 2.19. The zero-order chi connectivity index (χ0) is 18.0. The molecule has 0 spiro atoms. The highest BCUT2D eigenvalue weighted by molar-refractivity contribution is 9.10. The Morgan fingerprint density at radius 3 is 2.88 bits per heavy atom. The predicted molar refractivity (Wildman–Crippen MR) is 99.1 cm³/mol. The lowest BCUT2D eigenvalue weighted by Crippen LogP contribution is -2.23. The molecule has 7 nitrogen and oxygen atoms in total. The molecule has 0 saturated heterocycles. The van der Waals surface area contributed by atoms with Gasteiger partial charge in [-0.2, -0.15) is 0 Å². The molecule has 1 N–H and O–H groups in total. The number of aryl methyl sites for hydroxylation is 1. The zero-order valence-electron chi connectivity index (χ0n) is 13.2. The Labute approximate surface area is 154 Å². The summed E-state index contributed by atoms with van der Waals surface area (Å²) in [6, 6.07) is 5.28. The quantitative estimate of drug-likeness (QED) is 0.640. The van der Waals surface area contributed by atoms with Gasteiger partial charge in [-0.15, -0.1) is 11.3 Å². The second kappa shape index (κ2) is 7.24. The molecular formula is C16H13BrN4O3S. The van der Waals surface area contributed by atoms with Gasteiger partial charge in [-0.05, 0) is 18.2 Å². The highest BCUT2D eigenvalue weighted by Crippen LogP contribution is 2.16. The van der Waals surface area contributed by atoms with Crippen molar-refractivity contribution in [3.8, 4) is 0 Å². The van der Waals surface area contributed by atoms with Gasteiger partial charge in [0.05, 0.1) is 17.2 Å². The van der Waals surface area contributed by atoms with E-state index in [0.29, 0.717) is 21.7 Å². The van der Waals surface area contributed by atoms with Crippen LogP contribution in [0, 0.1) is 0 Å². The number of fused-ring (bicyclic) bond motifs is 1. The van der Waals surface area contributed by atoms with Crippen molar-refractivity contribution in [2.45, 2.75) is 19.9 Å². The Morgan fingerprint density at radius 2 is 2.16 bits per heavy atom. The minimum Gasteiger partial charge on any atom is -0.302 e. The number of carbonyl (C=O) groups is 2. The smallest absolute Gasteiger partial charge is 0.261 e. The van der Waals surface area contributed by atoms with Crippen LogP contribution in [0.2, 0.25) is 0 Å². The molecule has 3 rings (SSSR count). The maximum atomic E-state index is 12.5. The van der Waals surface area contributed by atoms with E-state index in [1.807, 2.05) is 6.07 Å². The average molecular weight is 421 g/mol. The topological polar surface area (TPSA) is 94.0 Å². The third-order valence-electron chi connectivity index (χ3n) is 3.48. The highest BCUT2D eigenvalue weighted by Gasteiger charge is 2.10. The van der Waals surface area contributed by atoms with Crippen molar-refractivity contribution in [3.63, 3.8) is 0 Å². The van der Waals surface area contributed by atoms with E-state index in [-0.39, 0.29) is 30.2 Å². The fourth-order valence-corrected chi connectivity index (χ4v) is 3.31. The Bertz CT molecular complexity index is 1030. The lowest BCUT2D eigenvalue weighted by Gasteiger charge is -2.06. The SMILES string of the molecule is CC(=O)c1csc(NC(=O)CCn2cnc3ccc(Br)cc3c2=O)n1. The summed E-state index contributed by atoms with van der Waals surface area (Å²) in [7, 11) is 0. The first-order chi connectivity index (χ1) is 11.9. The van der Waals surface area contributed by atoms with Gasteiger partial charge in [0.25, 0.3) is 5.56 Å². The van der Waals surface area contributed by atoms with Gasteiger partial charge >= 0.3 is 0 Å². The molecule has 0 saturated carbocycles. The van der Waals surface area contributed by atoms with Gasteiger partial charge in [-0.25, -0.2) is 9.97 Å². The van der Waals surface area contributed by atoms with E-state index in [1.165, 1.54) is 29.2 Å². The van der Waals surface area contributed by atoms with Crippen LogP contribution in [0.3, 0.4) is 0 Å². The lowest BCUT2D eigenvalue weighted by molar-refractivity contribution is -0.116. The second-order valence-corrected chi connectivity index (χ2v) is 7.07. The van der Waals surface area contributed by atoms with Crippen LogP contribution >= 0.6 is 27.3 Å². The van der Waals surface area contributed by atoms with Gasteiger partial charge in [-0.3, -0.25) is 19.0 Å². The summed E-state index contributed by atoms with van der Waals surface area (Å²) in [6.45, 7) is 1.61. The molecule has 0 radical (unpaired) electrons. The first-order valence-corrected chi connectivity index (χ1v) is 9.02. The van der Waals surface area contributed by atoms with Crippen LogP contribution < -0.4 is 10.9 Å². The van der Waals surface area contributed by atoms with Gasteiger partial charge in [0.1, 0.15) is 5.69 Å². The molecule has 128 valence electrons. The third kappa shape index (κ3) is 3.99. The molecule has 0 aliphatic rings. The third-order valence-corrected chi connectivity index (χ3v) is 4.73. The van der Waals surface area contributed by atoms with Crippen LogP contribution in [0.4, 0.5) is 5.13 Å². The van der Waals surface area contributed by atoms with E-state index >= 15 is 0 Å². The highest BCUT2D eigenvalue weighted by atomic mass is 79.9. The number of benzene rings is 1. The van der Waals surface area contributed by atoms with Crippen molar-refractivity contribution in [1.82, 2.24) is 14.5 Å². The van der Waals surface area contributed by atoms with Crippen molar-refractivity contribution in [2.75, 3.05) is 5.32 Å². The molecule has 0 fully saturated rings. The molecule has 0 atom stereocenters. The first-order valence-electron chi connectivity index (χ1n) is 7.35. The van der Waals surface area contributed by atoms with E-state index in [4.69, 9.17) is 0 Å². The number of aromatic nitrogens is 3. The van der Waals surface area contributed by atoms with E-state index in [1.54, 1.807) is 17.5 Å². The number of ketones is 1. The first kappa shape index (κ1) is 17.4. The Hall–Kier alpha value is -2.39. The lowest BCUT2D eigenvalue weighted by atomic mass is 10.2. The number of Topliss-reactive ketones (excluding diaryl/α,β-unsaturated/α-hetero) is 1. The molecule has 2 heterocycles. The van der Waals surface area contributed by atoms with E-state index in [2.05, 4.69) is 31.2 Å². The summed E-state index contributed by atoms with van der Waals surface area (Å²) < 4.78 is 2.19. The van der Waals surface area contributed by atoms with Crippen LogP contribution in [0.1, 0.15) is 23.8 Å². The number of hydrogen-bond acceptors (Lipinski definition) is 6. The van der Waals surface area contributed by atoms with Gasteiger partial charge in [0, 0.05) is 29.7 Å². The number of rotatable bonds is 5. The van der Waals surface area contributed by atoms with Gasteiger partial charge < -0.3 is 5.32 Å². The molecule has 0 aliphatic carbocycles. The molecule has 1 aromatic carbocycles. The van der Waals surface area contributed by atoms with Gasteiger partial charge in [0.15, 0.2) is 10.9 Å². The van der Waals surface area contributed by atoms with Crippen LogP contribution in [0.5, 0.6) is 0 Å². The van der Waals surface area contributed by atoms with Crippen LogP contribution in [-0.4, -0.2) is 26.2 Å². The maximum absolute atomic E-state index is 12.5. The molecular weight excluding hydrogens is 408 g/mol. The number of amides is 1. The second-order valence-electron chi connectivity index (χ2n) is 5.30. The number of carbonyl (C=O) groups excluding carboxylic acids is 2. The van der Waals surface area contributed by atoms with Crippen LogP contribution in [-0.2, 0) is 11.3 Å². The molecule has 0 bridgehead atoms. The number of halogens is 1.